The van der Waals surface area contributed by atoms with Gasteiger partial charge in [0, 0.05) is 24.4 Å². The van der Waals surface area contributed by atoms with Crippen molar-refractivity contribution >= 4 is 17.7 Å². The number of ether oxygens (including phenoxy) is 1. The van der Waals surface area contributed by atoms with Crippen molar-refractivity contribution in [2.45, 2.75) is 25.1 Å². The van der Waals surface area contributed by atoms with Gasteiger partial charge in [0.05, 0.1) is 38.0 Å². The molecule has 8 nitrogen and oxygen atoms in total. The fraction of sp³-hybridized carbons (Fsp3) is 0.529. The average Bonchev–Trinajstić information content (AvgIpc) is 2.65. The minimum atomic E-state index is -4.81. The number of hydrogen-bond donors (Lipinski definition) is 1. The Hall–Kier alpha value is -2.83. The second-order valence-corrected chi connectivity index (χ2v) is 7.23. The van der Waals surface area contributed by atoms with Crippen LogP contribution in [0.2, 0.25) is 0 Å². The number of nitrogen functional groups attached to an aromatic ring is 1. The molecule has 0 spiro atoms. The van der Waals surface area contributed by atoms with Crippen molar-refractivity contribution in [3.05, 3.63) is 18.0 Å². The molecule has 0 saturated carbocycles. The number of rotatable bonds is 3. The largest absolute Gasteiger partial charge is 0.434 e. The molecule has 1 atom stereocenters. The predicted molar refractivity (Wildman–Crippen MR) is 97.3 cm³/mol. The van der Waals surface area contributed by atoms with Crippen molar-refractivity contribution in [1.29, 1.82) is 0 Å². The molecule has 0 unspecified atom stereocenters. The molecule has 2 aliphatic heterocycles. The van der Waals surface area contributed by atoms with E-state index in [1.54, 1.807) is 4.90 Å². The first-order chi connectivity index (χ1) is 14.0. The predicted octanol–water partition coefficient (Wildman–Crippen LogP) is 2.21. The Morgan fingerprint density at radius 3 is 2.57 bits per heavy atom. The highest BCUT2D eigenvalue weighted by Crippen LogP contribution is 2.38. The van der Waals surface area contributed by atoms with Crippen molar-refractivity contribution < 1.29 is 26.7 Å². The van der Waals surface area contributed by atoms with Crippen molar-refractivity contribution in [3.63, 3.8) is 0 Å². The van der Waals surface area contributed by atoms with Gasteiger partial charge in [0.1, 0.15) is 5.82 Å². The molecule has 0 bridgehead atoms. The third-order valence-corrected chi connectivity index (χ3v) is 4.85. The molecule has 2 N–H and O–H groups in total. The van der Waals surface area contributed by atoms with Crippen molar-refractivity contribution in [3.8, 4) is 11.3 Å². The van der Waals surface area contributed by atoms with Crippen LogP contribution >= 0.6 is 0 Å². The van der Waals surface area contributed by atoms with Crippen LogP contribution in [0.25, 0.3) is 11.3 Å². The number of anilines is 3. The third-order valence-electron chi connectivity index (χ3n) is 4.85. The van der Waals surface area contributed by atoms with Gasteiger partial charge < -0.3 is 20.3 Å². The Balaban J connectivity index is 1.83. The fourth-order valence-corrected chi connectivity index (χ4v) is 3.35. The topological polar surface area (TPSA) is 93.3 Å². The smallest absolute Gasteiger partial charge is 0.377 e. The van der Waals surface area contributed by atoms with Crippen LogP contribution in [-0.4, -0.2) is 64.7 Å². The SMILES string of the molecule is C[C@H]1COCCN1c1nc(-c2cnc(N)nc2C(F)(F)F)cc(N2CC(F)(F)C2)n1. The highest BCUT2D eigenvalue weighted by Gasteiger charge is 2.45. The van der Waals surface area contributed by atoms with Gasteiger partial charge in [0.2, 0.25) is 11.9 Å². The molecule has 162 valence electrons. The summed E-state index contributed by atoms with van der Waals surface area (Å²) in [6.07, 6.45) is -3.89. The van der Waals surface area contributed by atoms with E-state index in [4.69, 9.17) is 10.5 Å². The maximum Gasteiger partial charge on any atom is 0.434 e. The number of morpholine rings is 1. The summed E-state index contributed by atoms with van der Waals surface area (Å²) in [6, 6.07) is 1.08. The molecular formula is C17H18F5N7O. The molecule has 2 fully saturated rings. The monoisotopic (exact) mass is 431 g/mol. The van der Waals surface area contributed by atoms with Crippen molar-refractivity contribution in [1.82, 2.24) is 19.9 Å². The van der Waals surface area contributed by atoms with Gasteiger partial charge >= 0.3 is 6.18 Å². The molecule has 2 aromatic heterocycles. The lowest BCUT2D eigenvalue weighted by molar-refractivity contribution is -0.140. The van der Waals surface area contributed by atoms with E-state index in [1.165, 1.54) is 11.0 Å². The maximum atomic E-state index is 13.5. The molecular weight excluding hydrogens is 413 g/mol. The van der Waals surface area contributed by atoms with E-state index in [1.807, 2.05) is 6.92 Å². The summed E-state index contributed by atoms with van der Waals surface area (Å²) < 4.78 is 72.8. The van der Waals surface area contributed by atoms with Crippen LogP contribution in [0.5, 0.6) is 0 Å². The quantitative estimate of drug-likeness (QED) is 0.740. The Morgan fingerprint density at radius 1 is 1.20 bits per heavy atom. The number of hydrogen-bond acceptors (Lipinski definition) is 8. The van der Waals surface area contributed by atoms with E-state index < -0.39 is 42.4 Å². The summed E-state index contributed by atoms with van der Waals surface area (Å²) in [5, 5.41) is 0. The lowest BCUT2D eigenvalue weighted by Crippen LogP contribution is -2.56. The average molecular weight is 431 g/mol. The van der Waals surface area contributed by atoms with Crippen LogP contribution in [-0.2, 0) is 10.9 Å². The highest BCUT2D eigenvalue weighted by atomic mass is 19.4. The zero-order valence-electron chi connectivity index (χ0n) is 15.8. The molecule has 13 heteroatoms. The van der Waals surface area contributed by atoms with Gasteiger partial charge in [0.25, 0.3) is 5.92 Å². The Bertz CT molecular complexity index is 947. The molecule has 0 amide bonds. The van der Waals surface area contributed by atoms with Crippen LogP contribution < -0.4 is 15.5 Å². The first kappa shape index (κ1) is 20.4. The molecule has 4 heterocycles. The number of alkyl halides is 5. The van der Waals surface area contributed by atoms with Gasteiger partial charge in [-0.1, -0.05) is 0 Å². The number of halogens is 5. The van der Waals surface area contributed by atoms with E-state index in [0.717, 1.165) is 6.20 Å². The van der Waals surface area contributed by atoms with Gasteiger partial charge in [0.15, 0.2) is 5.69 Å². The Labute approximate surface area is 167 Å². The number of nitrogens with zero attached hydrogens (tertiary/aromatic N) is 6. The Kier molecular flexibility index (Phi) is 4.87. The first-order valence-electron chi connectivity index (χ1n) is 9.10. The molecule has 2 saturated heterocycles. The lowest BCUT2D eigenvalue weighted by atomic mass is 10.1. The molecule has 2 aliphatic rings. The second kappa shape index (κ2) is 7.15. The van der Waals surface area contributed by atoms with Crippen LogP contribution in [0.3, 0.4) is 0 Å². The molecule has 0 aliphatic carbocycles. The molecule has 0 aromatic carbocycles. The third kappa shape index (κ3) is 3.93. The summed E-state index contributed by atoms with van der Waals surface area (Å²) in [7, 11) is 0. The summed E-state index contributed by atoms with van der Waals surface area (Å²) in [5.74, 6) is -3.19. The van der Waals surface area contributed by atoms with E-state index >= 15 is 0 Å². The second-order valence-electron chi connectivity index (χ2n) is 7.23. The van der Waals surface area contributed by atoms with E-state index in [-0.39, 0.29) is 23.5 Å². The zero-order chi connectivity index (χ0) is 21.7. The fourth-order valence-electron chi connectivity index (χ4n) is 3.35. The van der Waals surface area contributed by atoms with Crippen LogP contribution in [0.15, 0.2) is 12.3 Å². The normalized spacial score (nSPS) is 21.5. The van der Waals surface area contributed by atoms with E-state index in [2.05, 4.69) is 19.9 Å². The summed E-state index contributed by atoms with van der Waals surface area (Å²) in [5.41, 5.74) is 3.55. The standard InChI is InChI=1S/C17H18F5N7O/c1-9-6-30-3-2-29(9)15-25-11(4-12(26-15)28-7-16(18,19)8-28)10-5-24-14(23)27-13(10)17(20,21)22/h4-5,9H,2-3,6-8H2,1H3,(H2,23,24,27)/t9-/m0/s1. The molecule has 30 heavy (non-hydrogen) atoms. The molecule has 0 radical (unpaired) electrons. The van der Waals surface area contributed by atoms with Crippen molar-refractivity contribution in [2.24, 2.45) is 0 Å². The zero-order valence-corrected chi connectivity index (χ0v) is 15.8. The summed E-state index contributed by atoms with van der Waals surface area (Å²) >= 11 is 0. The Morgan fingerprint density at radius 2 is 1.93 bits per heavy atom. The number of aromatic nitrogens is 4. The van der Waals surface area contributed by atoms with Gasteiger partial charge in [-0.15, -0.1) is 0 Å². The molecule has 4 rings (SSSR count). The summed E-state index contributed by atoms with van der Waals surface area (Å²) in [4.78, 5) is 18.6. The lowest BCUT2D eigenvalue weighted by Gasteiger charge is -2.40. The van der Waals surface area contributed by atoms with Crippen LogP contribution in [0.1, 0.15) is 12.6 Å². The summed E-state index contributed by atoms with van der Waals surface area (Å²) in [6.45, 7) is 1.86. The number of nitrogens with two attached hydrogens (primary N) is 1. The first-order valence-corrected chi connectivity index (χ1v) is 9.10. The van der Waals surface area contributed by atoms with E-state index in [9.17, 15) is 22.0 Å². The van der Waals surface area contributed by atoms with E-state index in [0.29, 0.717) is 19.8 Å². The minimum Gasteiger partial charge on any atom is -0.377 e. The molecule has 2 aromatic rings. The van der Waals surface area contributed by atoms with Gasteiger partial charge in [-0.25, -0.2) is 23.7 Å². The van der Waals surface area contributed by atoms with Crippen LogP contribution in [0.4, 0.5) is 39.7 Å². The van der Waals surface area contributed by atoms with Gasteiger partial charge in [-0.2, -0.15) is 18.2 Å². The van der Waals surface area contributed by atoms with Gasteiger partial charge in [-0.05, 0) is 6.92 Å². The maximum absolute atomic E-state index is 13.5. The van der Waals surface area contributed by atoms with Crippen LogP contribution in [0, 0.1) is 0 Å². The minimum absolute atomic E-state index is 0.101. The van der Waals surface area contributed by atoms with Gasteiger partial charge in [-0.3, -0.25) is 0 Å². The highest BCUT2D eigenvalue weighted by molar-refractivity contribution is 5.68. The van der Waals surface area contributed by atoms with Crippen molar-refractivity contribution in [2.75, 3.05) is 48.4 Å².